The Hall–Kier alpha value is -6.09. The minimum Gasteiger partial charge on any atom is -0.508 e. The van der Waals surface area contributed by atoms with E-state index in [1.54, 1.807) is 0 Å². The molecule has 0 saturated carbocycles. The van der Waals surface area contributed by atoms with Gasteiger partial charge < -0.3 is 20.0 Å². The van der Waals surface area contributed by atoms with Crippen LogP contribution in [0.4, 0.5) is 11.4 Å². The molecule has 7 rings (SSSR count). The number of unbranched alkanes of at least 4 members (excludes halogenated alkanes) is 12. The molecule has 344 valence electrons. The second-order valence-electron chi connectivity index (χ2n) is 18.5. The number of hydrogen-bond acceptors (Lipinski definition) is 6. The summed E-state index contributed by atoms with van der Waals surface area (Å²) in [4.78, 5) is 24.0. The maximum atomic E-state index is 15.4. The van der Waals surface area contributed by atoms with Gasteiger partial charge in [-0.2, -0.15) is 0 Å². The van der Waals surface area contributed by atoms with Crippen molar-refractivity contribution in [3.05, 3.63) is 119 Å². The lowest BCUT2D eigenvalue weighted by Crippen LogP contribution is -2.31. The number of Topliss-reactive ketones (excluding diaryl/α,β-unsaturated/α-hetero) is 1. The summed E-state index contributed by atoms with van der Waals surface area (Å²) in [6.45, 7) is 20.6. The molecule has 0 saturated heterocycles. The number of nitrogens with zero attached hydrogens (tertiary/aromatic N) is 3. The lowest BCUT2D eigenvalue weighted by atomic mass is 9.66. The lowest BCUT2D eigenvalue weighted by molar-refractivity contribution is -0.115. The van der Waals surface area contributed by atoms with Crippen LogP contribution in [0, 0.1) is 12.0 Å². The van der Waals surface area contributed by atoms with Crippen molar-refractivity contribution in [1.29, 1.82) is 5.41 Å². The predicted molar refractivity (Wildman–Crippen MR) is 280 cm³/mol. The number of carbonyl (C=O) groups excluding carboxylic acids is 1. The molecule has 0 spiro atoms. The number of nitrogens with one attached hydrogen (secondary N) is 1. The van der Waals surface area contributed by atoms with Crippen LogP contribution in [0.1, 0.15) is 147 Å². The molecule has 0 aliphatic heterocycles. The Morgan fingerprint density at radius 2 is 0.970 bits per heavy atom. The third kappa shape index (κ3) is 10.2. The molecule has 1 aliphatic carbocycles. The Morgan fingerprint density at radius 3 is 1.38 bits per heavy atom. The summed E-state index contributed by atoms with van der Waals surface area (Å²) in [5, 5.41) is 40.7. The maximum Gasteiger partial charge on any atom is 0.251 e. The average molecular weight is 883 g/mol. The Morgan fingerprint density at radius 1 is 0.576 bits per heavy atom. The van der Waals surface area contributed by atoms with Crippen molar-refractivity contribution in [3.63, 3.8) is 0 Å². The summed E-state index contributed by atoms with van der Waals surface area (Å²) >= 11 is 0. The quantitative estimate of drug-likeness (QED) is 0.0231. The molecule has 1 aliphatic rings. The van der Waals surface area contributed by atoms with Gasteiger partial charge in [-0.25, -0.2) is 4.85 Å². The molecule has 0 heterocycles. The summed E-state index contributed by atoms with van der Waals surface area (Å²) in [6, 6.07) is 28.5. The van der Waals surface area contributed by atoms with Gasteiger partial charge in [0.1, 0.15) is 11.5 Å². The minimum atomic E-state index is -1.05. The van der Waals surface area contributed by atoms with Crippen LogP contribution in [0.5, 0.6) is 11.5 Å². The minimum absolute atomic E-state index is 0.0127. The monoisotopic (exact) mass is 883 g/mol. The van der Waals surface area contributed by atoms with Crippen LogP contribution in [0.3, 0.4) is 0 Å². The SMILES string of the molecule is [C-]#[N+]C(=C=N)C1=C(c2c(O)cc(N(CCCCCC)CCCCCC)c3cc4ccccc4cc23)C(=O)C1c1c(O)cc(N(CCCCCC)CCCCCC)c2cc3ccccc3cc12. The molecule has 6 aromatic rings. The molecule has 7 heteroatoms. The van der Waals surface area contributed by atoms with E-state index in [0.717, 1.165) is 158 Å². The molecule has 1 atom stereocenters. The molecule has 66 heavy (non-hydrogen) atoms. The predicted octanol–water partition coefficient (Wildman–Crippen LogP) is 15.8. The summed E-state index contributed by atoms with van der Waals surface area (Å²) in [5.41, 5.74) is 3.07. The van der Waals surface area contributed by atoms with Gasteiger partial charge in [-0.05, 0) is 93.7 Å². The van der Waals surface area contributed by atoms with Gasteiger partial charge in [-0.1, -0.05) is 153 Å². The first-order valence-corrected chi connectivity index (χ1v) is 25.1. The number of carbonyl (C=O) groups is 1. The molecule has 7 nitrogen and oxygen atoms in total. The number of phenols is 2. The number of ketones is 1. The molecule has 0 bridgehead atoms. The third-order valence-corrected chi connectivity index (χ3v) is 13.9. The molecular weight excluding hydrogens is 813 g/mol. The average Bonchev–Trinajstić information content (AvgIpc) is 3.33. The van der Waals surface area contributed by atoms with Crippen molar-refractivity contribution in [3.8, 4) is 11.5 Å². The van der Waals surface area contributed by atoms with Gasteiger partial charge in [-0.15, -0.1) is 0 Å². The van der Waals surface area contributed by atoms with Crippen LogP contribution in [-0.2, 0) is 4.79 Å². The Labute approximate surface area is 393 Å². The van der Waals surface area contributed by atoms with Gasteiger partial charge in [-0.3, -0.25) is 10.2 Å². The zero-order valence-corrected chi connectivity index (χ0v) is 39.9. The number of allylic oxidation sites excluding steroid dienone is 2. The summed E-state index contributed by atoms with van der Waals surface area (Å²) in [6.07, 6.45) is 17.9. The number of benzene rings is 6. The van der Waals surface area contributed by atoms with E-state index < -0.39 is 5.92 Å². The number of hydrogen-bond donors (Lipinski definition) is 3. The van der Waals surface area contributed by atoms with Gasteiger partial charge in [0.05, 0.1) is 12.5 Å². The number of phenolic OH excluding ortho intramolecular Hbond substituents is 2. The topological polar surface area (TPSA) is 92.2 Å². The first-order valence-electron chi connectivity index (χ1n) is 25.1. The zero-order chi connectivity index (χ0) is 46.6. The molecule has 6 aromatic carbocycles. The highest BCUT2D eigenvalue weighted by atomic mass is 16.3. The van der Waals surface area contributed by atoms with Gasteiger partial charge in [0.2, 0.25) is 0 Å². The largest absolute Gasteiger partial charge is 0.508 e. The molecule has 1 unspecified atom stereocenters. The first kappa shape index (κ1) is 47.9. The second-order valence-corrected chi connectivity index (χ2v) is 18.5. The van der Waals surface area contributed by atoms with Crippen molar-refractivity contribution < 1.29 is 15.0 Å². The molecule has 0 aromatic heterocycles. The van der Waals surface area contributed by atoms with Gasteiger partial charge in [0.25, 0.3) is 5.70 Å². The molecule has 0 radical (unpaired) electrons. The summed E-state index contributed by atoms with van der Waals surface area (Å²) in [5.74, 6) is 0.982. The van der Waals surface area contributed by atoms with E-state index in [9.17, 15) is 10.2 Å². The fraction of sp³-hybridized carbons (Fsp3) is 0.424. The van der Waals surface area contributed by atoms with Crippen LogP contribution in [0.25, 0.3) is 53.5 Å². The van der Waals surface area contributed by atoms with Crippen molar-refractivity contribution in [2.24, 2.45) is 0 Å². The maximum absolute atomic E-state index is 15.4. The van der Waals surface area contributed by atoms with Crippen molar-refractivity contribution in [1.82, 2.24) is 0 Å². The fourth-order valence-corrected chi connectivity index (χ4v) is 10.3. The highest BCUT2D eigenvalue weighted by Crippen LogP contribution is 2.56. The van der Waals surface area contributed by atoms with Crippen LogP contribution >= 0.6 is 0 Å². The van der Waals surface area contributed by atoms with E-state index in [-0.39, 0.29) is 28.6 Å². The Bertz CT molecular complexity index is 2780. The number of rotatable bonds is 25. The number of anilines is 2. The third-order valence-electron chi connectivity index (χ3n) is 13.9. The fourth-order valence-electron chi connectivity index (χ4n) is 10.3. The van der Waals surface area contributed by atoms with E-state index in [2.05, 4.69) is 90.7 Å². The van der Waals surface area contributed by atoms with Crippen LogP contribution in [0.15, 0.2) is 96.2 Å². The van der Waals surface area contributed by atoms with E-state index in [1.807, 2.05) is 42.5 Å². The summed E-state index contributed by atoms with van der Waals surface area (Å²) in [7, 11) is 0. The zero-order valence-electron chi connectivity index (χ0n) is 39.9. The van der Waals surface area contributed by atoms with Gasteiger partial charge in [0, 0.05) is 77.2 Å². The second kappa shape index (κ2) is 22.9. The van der Waals surface area contributed by atoms with E-state index >= 15 is 4.79 Å². The van der Waals surface area contributed by atoms with Crippen molar-refractivity contribution in [2.75, 3.05) is 36.0 Å². The van der Waals surface area contributed by atoms with Crippen molar-refractivity contribution >= 4 is 71.7 Å². The van der Waals surface area contributed by atoms with Crippen LogP contribution < -0.4 is 9.80 Å². The van der Waals surface area contributed by atoms with Crippen LogP contribution in [0.2, 0.25) is 0 Å². The molecule has 0 amide bonds. The smallest absolute Gasteiger partial charge is 0.251 e. The van der Waals surface area contributed by atoms with Crippen molar-refractivity contribution in [2.45, 2.75) is 136 Å². The molecule has 3 N–H and O–H groups in total. The number of fused-ring (bicyclic) bond motifs is 4. The van der Waals surface area contributed by atoms with E-state index in [0.29, 0.717) is 16.7 Å². The molecule has 0 fully saturated rings. The Balaban J connectivity index is 1.45. The van der Waals surface area contributed by atoms with Gasteiger partial charge >= 0.3 is 0 Å². The standard InChI is InChI=1S/C59H70N4O3/c1-6-10-14-22-30-62(31-23-15-11-7-2)50-38-52(64)54(47-36-43-28-20-18-26-41(43)34-45(47)50)57-56(49(40-60)61-5)58(59(57)66)55-48-37-44-29-21-19-27-42(44)35-46(48)51(39-53(55)65)63(32-24-16-12-8-3)33-25-17-13-9-4/h18-21,26-29,34-39,57,60,64-65H,6-17,22-25,30-33H2,1-4H3. The molecular formula is C59H70N4O3. The highest BCUT2D eigenvalue weighted by molar-refractivity contribution is 6.38. The van der Waals surface area contributed by atoms with E-state index in [1.165, 1.54) is 25.7 Å². The lowest BCUT2D eigenvalue weighted by Gasteiger charge is -2.36. The highest BCUT2D eigenvalue weighted by Gasteiger charge is 2.46. The number of aromatic hydroxyl groups is 2. The first-order chi connectivity index (χ1) is 32.3. The summed E-state index contributed by atoms with van der Waals surface area (Å²) < 4.78 is 0. The van der Waals surface area contributed by atoms with Crippen LogP contribution in [-0.4, -0.2) is 48.0 Å². The normalized spacial score (nSPS) is 13.7. The van der Waals surface area contributed by atoms with Gasteiger partial charge in [0.15, 0.2) is 5.78 Å². The Kier molecular flexibility index (Phi) is 16.6. The van der Waals surface area contributed by atoms with E-state index in [4.69, 9.17) is 12.0 Å².